The predicted molar refractivity (Wildman–Crippen MR) is 139 cm³/mol. The van der Waals surface area contributed by atoms with Crippen LogP contribution >= 0.6 is 0 Å². The van der Waals surface area contributed by atoms with Crippen LogP contribution in [0.15, 0.2) is 11.6 Å². The van der Waals surface area contributed by atoms with Crippen molar-refractivity contribution in [3.8, 4) is 0 Å². The van der Waals surface area contributed by atoms with Crippen molar-refractivity contribution < 1.29 is 44.2 Å². The van der Waals surface area contributed by atoms with Crippen LogP contribution in [0.5, 0.6) is 0 Å². The van der Waals surface area contributed by atoms with Crippen LogP contribution in [0, 0.1) is 28.6 Å². The highest BCUT2D eigenvalue weighted by Gasteiger charge is 2.71. The van der Waals surface area contributed by atoms with Crippen LogP contribution in [0.4, 0.5) is 0 Å². The van der Waals surface area contributed by atoms with Gasteiger partial charge < -0.3 is 39.4 Å². The summed E-state index contributed by atoms with van der Waals surface area (Å²) in [5.41, 5.74) is -2.06. The van der Waals surface area contributed by atoms with E-state index in [9.17, 15) is 25.2 Å². The maximum atomic E-state index is 12.4. The maximum absolute atomic E-state index is 12.4. The van der Waals surface area contributed by atoms with E-state index in [1.165, 1.54) is 0 Å². The van der Waals surface area contributed by atoms with Crippen LogP contribution in [0.3, 0.4) is 0 Å². The third-order valence-corrected chi connectivity index (χ3v) is 12.3. The number of aliphatic hydroxyl groups excluding tert-OH is 2. The molecule has 1 saturated heterocycles. The molecule has 0 unspecified atom stereocenters. The van der Waals surface area contributed by atoms with E-state index in [2.05, 4.69) is 6.92 Å². The molecule has 0 aromatic carbocycles. The first-order chi connectivity index (χ1) is 18.5. The number of carbonyl (C=O) groups excluding carboxylic acids is 1. The van der Waals surface area contributed by atoms with Crippen LogP contribution in [0.25, 0.3) is 0 Å². The molecule has 9 nitrogen and oxygen atoms in total. The van der Waals surface area contributed by atoms with E-state index in [-0.39, 0.29) is 48.0 Å². The van der Waals surface area contributed by atoms with Crippen LogP contribution in [0.1, 0.15) is 78.1 Å². The number of carbonyl (C=O) groups is 1. The molecule has 2 heterocycles. The van der Waals surface area contributed by atoms with Gasteiger partial charge in [0.15, 0.2) is 6.29 Å². The summed E-state index contributed by atoms with van der Waals surface area (Å²) in [7, 11) is 1.58. The largest absolute Gasteiger partial charge is 0.458 e. The van der Waals surface area contributed by atoms with E-state index in [0.717, 1.165) is 24.8 Å². The zero-order chi connectivity index (χ0) is 27.8. The Morgan fingerprint density at radius 2 is 1.85 bits per heavy atom. The molecule has 12 atom stereocenters. The summed E-state index contributed by atoms with van der Waals surface area (Å²) in [5.74, 6) is -0.192. The molecule has 0 aromatic heterocycles. The Kier molecular flexibility index (Phi) is 7.02. The van der Waals surface area contributed by atoms with Gasteiger partial charge in [0.2, 0.25) is 0 Å². The topological polar surface area (TPSA) is 135 Å². The fourth-order valence-electron chi connectivity index (χ4n) is 10.2. The zero-order valence-corrected chi connectivity index (χ0v) is 23.5. The van der Waals surface area contributed by atoms with Gasteiger partial charge in [0.25, 0.3) is 0 Å². The molecule has 220 valence electrons. The third kappa shape index (κ3) is 4.02. The molecule has 9 heteroatoms. The average Bonchev–Trinajstić information content (AvgIpc) is 3.45. The van der Waals surface area contributed by atoms with Gasteiger partial charge in [-0.2, -0.15) is 0 Å². The SMILES string of the molecule is CO[C@@H]1C[C@H](O[C@@H]2CC[C@]3(CO)[C@H]4CC[C@]5(C)[C@H](C6=CC(=O)OC6)CC[C@]5(O)[C@@H]4CC[C@]3(O)C2)O[C@H](C)[C@@H]1O. The first-order valence-electron chi connectivity index (χ1n) is 14.9. The molecular weight excluding hydrogens is 504 g/mol. The molecule has 4 N–H and O–H groups in total. The number of rotatable bonds is 5. The molecule has 4 saturated carbocycles. The lowest BCUT2D eigenvalue weighted by molar-refractivity contribution is -0.298. The number of aliphatic hydroxyl groups is 4. The van der Waals surface area contributed by atoms with E-state index >= 15 is 0 Å². The van der Waals surface area contributed by atoms with Gasteiger partial charge in [-0.25, -0.2) is 4.79 Å². The molecule has 0 spiro atoms. The van der Waals surface area contributed by atoms with Crippen molar-refractivity contribution in [2.45, 2.75) is 120 Å². The van der Waals surface area contributed by atoms with Crippen LogP contribution in [-0.2, 0) is 23.7 Å². The van der Waals surface area contributed by atoms with Crippen LogP contribution in [0.2, 0.25) is 0 Å². The predicted octanol–water partition coefficient (Wildman–Crippen LogP) is 2.23. The normalized spacial score (nSPS) is 53.4. The monoisotopic (exact) mass is 550 g/mol. The second-order valence-electron chi connectivity index (χ2n) is 13.7. The Morgan fingerprint density at radius 3 is 2.54 bits per heavy atom. The molecule has 6 rings (SSSR count). The van der Waals surface area contributed by atoms with E-state index in [1.807, 2.05) is 6.92 Å². The lowest BCUT2D eigenvalue weighted by atomic mass is 9.41. The minimum Gasteiger partial charge on any atom is -0.458 e. The van der Waals surface area contributed by atoms with Gasteiger partial charge in [-0.05, 0) is 81.6 Å². The Balaban J connectivity index is 1.20. The van der Waals surface area contributed by atoms with Crippen molar-refractivity contribution in [3.63, 3.8) is 0 Å². The van der Waals surface area contributed by atoms with Crippen molar-refractivity contribution in [3.05, 3.63) is 11.6 Å². The Hall–Kier alpha value is -1.07. The average molecular weight is 551 g/mol. The Labute approximate surface area is 230 Å². The lowest BCUT2D eigenvalue weighted by Gasteiger charge is -2.66. The van der Waals surface area contributed by atoms with Crippen molar-refractivity contribution in [1.29, 1.82) is 0 Å². The van der Waals surface area contributed by atoms with Gasteiger partial charge in [0.05, 0.1) is 36.1 Å². The summed E-state index contributed by atoms with van der Waals surface area (Å²) in [6, 6.07) is 0. The van der Waals surface area contributed by atoms with Crippen molar-refractivity contribution in [2.24, 2.45) is 28.6 Å². The van der Waals surface area contributed by atoms with E-state index in [0.29, 0.717) is 51.6 Å². The highest BCUT2D eigenvalue weighted by Crippen LogP contribution is 2.70. The summed E-state index contributed by atoms with van der Waals surface area (Å²) >= 11 is 0. The van der Waals surface area contributed by atoms with Crippen LogP contribution < -0.4 is 0 Å². The molecule has 0 bridgehead atoms. The highest BCUT2D eigenvalue weighted by molar-refractivity contribution is 5.85. The minimum atomic E-state index is -1.09. The van der Waals surface area contributed by atoms with Crippen molar-refractivity contribution >= 4 is 5.97 Å². The van der Waals surface area contributed by atoms with E-state index in [1.54, 1.807) is 13.2 Å². The summed E-state index contributed by atoms with van der Waals surface area (Å²) in [4.78, 5) is 11.8. The first kappa shape index (κ1) is 28.1. The molecule has 5 fully saturated rings. The molecule has 6 aliphatic rings. The first-order valence-corrected chi connectivity index (χ1v) is 14.9. The van der Waals surface area contributed by atoms with E-state index in [4.69, 9.17) is 18.9 Å². The van der Waals surface area contributed by atoms with Gasteiger partial charge in [0.1, 0.15) is 12.7 Å². The quantitative estimate of drug-likeness (QED) is 0.300. The minimum absolute atomic E-state index is 0.00781. The maximum Gasteiger partial charge on any atom is 0.331 e. The molecule has 0 aromatic rings. The number of methoxy groups -OCH3 is 1. The third-order valence-electron chi connectivity index (χ3n) is 12.3. The molecule has 39 heavy (non-hydrogen) atoms. The summed E-state index contributed by atoms with van der Waals surface area (Å²) < 4.78 is 23.0. The number of ether oxygens (including phenoxy) is 4. The molecule has 2 aliphatic heterocycles. The number of fused-ring (bicyclic) bond motifs is 5. The van der Waals surface area contributed by atoms with Crippen molar-refractivity contribution in [2.75, 3.05) is 20.3 Å². The summed E-state index contributed by atoms with van der Waals surface area (Å²) in [5, 5.41) is 45.9. The van der Waals surface area contributed by atoms with Gasteiger partial charge >= 0.3 is 5.97 Å². The Morgan fingerprint density at radius 1 is 1.08 bits per heavy atom. The highest BCUT2D eigenvalue weighted by atomic mass is 16.7. The molecule has 0 radical (unpaired) electrons. The van der Waals surface area contributed by atoms with Crippen molar-refractivity contribution in [1.82, 2.24) is 0 Å². The summed E-state index contributed by atoms with van der Waals surface area (Å²) in [6.07, 6.45) is 5.82. The zero-order valence-electron chi connectivity index (χ0n) is 23.5. The fraction of sp³-hybridized carbons (Fsp3) is 0.900. The second-order valence-corrected chi connectivity index (χ2v) is 13.7. The second kappa shape index (κ2) is 9.75. The standard InChI is InChI=1S/C30H46O9/c1-17-26(33)23(36-3)13-25(38-17)39-19-4-9-28(16-31)21-5-8-27(2)20(18-12-24(32)37-15-18)7-11-30(27,35)22(21)6-10-29(28,34)14-19/h12,17,19-23,25-26,31,33-35H,4-11,13-16H2,1-3H3/t17-,19-,20+,21+,22-,23-,25+,26+,27-,28+,29+,30+/m1/s1. The number of hydrogen-bond acceptors (Lipinski definition) is 9. The number of hydrogen-bond donors (Lipinski definition) is 4. The lowest BCUT2D eigenvalue weighted by Crippen LogP contribution is -2.69. The Bertz CT molecular complexity index is 1000. The number of esters is 1. The molecule has 0 amide bonds. The smallest absolute Gasteiger partial charge is 0.331 e. The molecule has 4 aliphatic carbocycles. The van der Waals surface area contributed by atoms with E-state index < -0.39 is 35.1 Å². The fourth-order valence-corrected chi connectivity index (χ4v) is 10.2. The van der Waals surface area contributed by atoms with Gasteiger partial charge in [-0.3, -0.25) is 0 Å². The van der Waals surface area contributed by atoms with Crippen LogP contribution in [-0.4, -0.2) is 88.6 Å². The van der Waals surface area contributed by atoms with Gasteiger partial charge in [-0.1, -0.05) is 6.92 Å². The molecular formula is C30H46O9. The summed E-state index contributed by atoms with van der Waals surface area (Å²) in [6.45, 7) is 4.19. The van der Waals surface area contributed by atoms with Gasteiger partial charge in [-0.15, -0.1) is 0 Å². The van der Waals surface area contributed by atoms with Gasteiger partial charge in [0, 0.05) is 36.9 Å². The number of cyclic esters (lactones) is 1.